The van der Waals surface area contributed by atoms with E-state index >= 15 is 0 Å². The number of hydrogen-bond acceptors (Lipinski definition) is 10. The molecular formula is C36H36N10O. The number of carbonyl (C=O) groups is 1. The van der Waals surface area contributed by atoms with E-state index in [1.807, 2.05) is 125 Å². The second-order valence-corrected chi connectivity index (χ2v) is 11.4. The molecule has 2 aromatic heterocycles. The molecule has 47 heavy (non-hydrogen) atoms. The molecule has 0 spiro atoms. The molecule has 11 nitrogen and oxygen atoms in total. The number of aromatic nitrogens is 4. The van der Waals surface area contributed by atoms with Gasteiger partial charge in [0.15, 0.2) is 11.4 Å². The summed E-state index contributed by atoms with van der Waals surface area (Å²) >= 11 is 0. The fourth-order valence-corrected chi connectivity index (χ4v) is 4.87. The summed E-state index contributed by atoms with van der Waals surface area (Å²) in [5.74, 6) is -0.598. The van der Waals surface area contributed by atoms with Gasteiger partial charge in [-0.05, 0) is 88.4 Å². The van der Waals surface area contributed by atoms with Crippen LogP contribution >= 0.6 is 0 Å². The molecule has 0 bridgehead atoms. The van der Waals surface area contributed by atoms with Crippen LogP contribution in [0.3, 0.4) is 0 Å². The van der Waals surface area contributed by atoms with Crippen LogP contribution in [0.5, 0.6) is 0 Å². The number of hydrogen-bond donors (Lipinski definition) is 5. The minimum atomic E-state index is -0.598. The first-order valence-corrected chi connectivity index (χ1v) is 15.2. The zero-order chi connectivity index (χ0) is 33.3. The lowest BCUT2D eigenvalue weighted by molar-refractivity contribution is 0.0995. The van der Waals surface area contributed by atoms with Crippen LogP contribution in [0.4, 0.5) is 34.1 Å². The quantitative estimate of drug-likeness (QED) is 0.110. The van der Waals surface area contributed by atoms with E-state index in [9.17, 15) is 10.1 Å². The largest absolute Gasteiger partial charge is 0.380 e. The predicted molar refractivity (Wildman–Crippen MR) is 189 cm³/mol. The van der Waals surface area contributed by atoms with Crippen molar-refractivity contribution in [3.63, 3.8) is 0 Å². The van der Waals surface area contributed by atoms with Crippen molar-refractivity contribution in [2.45, 2.75) is 39.8 Å². The molecule has 6 N–H and O–H groups in total. The van der Waals surface area contributed by atoms with Gasteiger partial charge in [-0.2, -0.15) is 5.26 Å². The Morgan fingerprint density at radius 1 is 0.638 bits per heavy atom. The van der Waals surface area contributed by atoms with Crippen LogP contribution in [-0.4, -0.2) is 38.4 Å². The van der Waals surface area contributed by atoms with Gasteiger partial charge in [0.1, 0.15) is 6.07 Å². The first kappa shape index (κ1) is 32.1. The number of para-hydroxylation sites is 2. The Hall–Kier alpha value is -6.28. The molecule has 6 rings (SSSR count). The third kappa shape index (κ3) is 8.06. The van der Waals surface area contributed by atoms with Gasteiger partial charge >= 0.3 is 0 Å². The molecule has 0 aliphatic rings. The summed E-state index contributed by atoms with van der Waals surface area (Å²) in [7, 11) is 0. The normalized spacial score (nSPS) is 10.7. The lowest BCUT2D eigenvalue weighted by Crippen LogP contribution is -2.20. The number of anilines is 6. The van der Waals surface area contributed by atoms with E-state index in [1.54, 1.807) is 0 Å². The van der Waals surface area contributed by atoms with Gasteiger partial charge in [-0.15, -0.1) is 20.4 Å². The van der Waals surface area contributed by atoms with Crippen LogP contribution in [0.15, 0.2) is 97.1 Å². The summed E-state index contributed by atoms with van der Waals surface area (Å²) < 4.78 is 0. The van der Waals surface area contributed by atoms with E-state index in [0.717, 1.165) is 44.7 Å². The average Bonchev–Trinajstić information content (AvgIpc) is 3.05. The molecule has 2 heterocycles. The second kappa shape index (κ2) is 14.7. The third-order valence-electron chi connectivity index (χ3n) is 6.85. The fraction of sp³-hybridized carbons (Fsp3) is 0.167. The van der Waals surface area contributed by atoms with E-state index in [4.69, 9.17) is 5.73 Å². The monoisotopic (exact) mass is 624 g/mol. The van der Waals surface area contributed by atoms with Crippen molar-refractivity contribution in [3.8, 4) is 6.07 Å². The van der Waals surface area contributed by atoms with E-state index in [2.05, 4.69) is 47.7 Å². The molecule has 11 heteroatoms. The van der Waals surface area contributed by atoms with E-state index in [1.165, 1.54) is 0 Å². The molecule has 6 aromatic rings. The summed E-state index contributed by atoms with van der Waals surface area (Å²) in [6, 6.07) is 33.8. The molecule has 236 valence electrons. The second-order valence-electron chi connectivity index (χ2n) is 11.4. The minimum absolute atomic E-state index is 0.137. The number of carbonyl (C=O) groups excluding carboxylic acids is 1. The Morgan fingerprint density at radius 3 is 1.57 bits per heavy atom. The topological polar surface area (TPSA) is 167 Å². The number of primary amides is 1. The van der Waals surface area contributed by atoms with Gasteiger partial charge < -0.3 is 27.0 Å². The molecule has 0 radical (unpaired) electrons. The maximum atomic E-state index is 11.6. The molecule has 0 saturated heterocycles. The molecule has 0 atom stereocenters. The highest BCUT2D eigenvalue weighted by atomic mass is 16.1. The van der Waals surface area contributed by atoms with Crippen LogP contribution in [0.1, 0.15) is 43.9 Å². The Balaban J connectivity index is 0.000000185. The van der Waals surface area contributed by atoms with Crippen molar-refractivity contribution >= 4 is 61.8 Å². The summed E-state index contributed by atoms with van der Waals surface area (Å²) in [5, 5.41) is 40.4. The number of amides is 1. The number of nitrogens with two attached hydrogens (primary N) is 1. The molecule has 0 aliphatic carbocycles. The van der Waals surface area contributed by atoms with Crippen molar-refractivity contribution in [1.82, 2.24) is 20.4 Å². The number of nitrogens with zero attached hydrogens (tertiary/aromatic N) is 5. The molecular weight excluding hydrogens is 588 g/mol. The van der Waals surface area contributed by atoms with Gasteiger partial charge in [-0.3, -0.25) is 4.79 Å². The van der Waals surface area contributed by atoms with E-state index < -0.39 is 5.91 Å². The Morgan fingerprint density at radius 2 is 1.11 bits per heavy atom. The molecule has 0 fully saturated rings. The summed E-state index contributed by atoms with van der Waals surface area (Å²) in [5.41, 5.74) is 12.5. The first-order chi connectivity index (χ1) is 22.7. The Kier molecular flexibility index (Phi) is 10.0. The molecule has 0 aliphatic heterocycles. The molecule has 0 saturated carbocycles. The van der Waals surface area contributed by atoms with Gasteiger partial charge in [0.25, 0.3) is 5.91 Å². The smallest absolute Gasteiger partial charge is 0.271 e. The first-order valence-electron chi connectivity index (χ1n) is 15.2. The maximum Gasteiger partial charge on any atom is 0.271 e. The zero-order valence-electron chi connectivity index (χ0n) is 26.6. The van der Waals surface area contributed by atoms with Gasteiger partial charge in [-0.25, -0.2) is 0 Å². The van der Waals surface area contributed by atoms with E-state index in [0.29, 0.717) is 16.9 Å². The average molecular weight is 625 g/mol. The lowest BCUT2D eigenvalue weighted by atomic mass is 10.1. The van der Waals surface area contributed by atoms with Crippen molar-refractivity contribution < 1.29 is 4.79 Å². The van der Waals surface area contributed by atoms with Crippen LogP contribution < -0.4 is 27.0 Å². The number of fused-ring (bicyclic) bond motifs is 2. The highest BCUT2D eigenvalue weighted by molar-refractivity contribution is 6.05. The zero-order valence-corrected chi connectivity index (χ0v) is 26.6. The molecule has 1 amide bonds. The summed E-state index contributed by atoms with van der Waals surface area (Å²) in [6.07, 6.45) is 0. The lowest BCUT2D eigenvalue weighted by Gasteiger charge is -2.15. The number of benzene rings is 4. The number of rotatable bonds is 9. The fourth-order valence-electron chi connectivity index (χ4n) is 4.87. The standard InChI is InChI=1S/C18H19N5O.C18H17N5/c1-11(2)20-16-14-9-8-13(21-12-6-4-3-5-7-12)10-15(14)22-23-17(16)18(19)24;1-12(2)20-18-15-9-8-14(21-13-6-4-3-5-7-13)10-16(15)22-23-17(18)11-19/h3-11,21H,1-2H3,(H2,19,24)(H,20,22);3-10,12,21H,1-2H3,(H,20,22). The third-order valence-corrected chi connectivity index (χ3v) is 6.85. The Bertz CT molecular complexity index is 2040. The number of nitriles is 1. The Labute approximate surface area is 273 Å². The minimum Gasteiger partial charge on any atom is -0.380 e. The van der Waals surface area contributed by atoms with Crippen LogP contribution in [0, 0.1) is 11.3 Å². The maximum absolute atomic E-state index is 11.6. The van der Waals surface area contributed by atoms with Gasteiger partial charge in [-0.1, -0.05) is 36.4 Å². The number of nitrogens with one attached hydrogen (secondary N) is 4. The SMILES string of the molecule is CC(C)Nc1c(C#N)nnc2cc(Nc3ccccc3)ccc12.CC(C)Nc1c(C(N)=O)nnc2cc(Nc3ccccc3)ccc12. The van der Waals surface area contributed by atoms with Crippen molar-refractivity contribution in [3.05, 3.63) is 108 Å². The van der Waals surface area contributed by atoms with Crippen molar-refractivity contribution in [2.24, 2.45) is 5.73 Å². The molecule has 4 aromatic carbocycles. The van der Waals surface area contributed by atoms with Crippen LogP contribution in [-0.2, 0) is 0 Å². The highest BCUT2D eigenvalue weighted by Crippen LogP contribution is 2.30. The van der Waals surface area contributed by atoms with Crippen molar-refractivity contribution in [2.75, 3.05) is 21.3 Å². The summed E-state index contributed by atoms with van der Waals surface area (Å²) in [4.78, 5) is 11.6. The van der Waals surface area contributed by atoms with E-state index in [-0.39, 0.29) is 17.8 Å². The van der Waals surface area contributed by atoms with Crippen LogP contribution in [0.2, 0.25) is 0 Å². The predicted octanol–water partition coefficient (Wildman–Crippen LogP) is 7.36. The van der Waals surface area contributed by atoms with Gasteiger partial charge in [0.2, 0.25) is 0 Å². The van der Waals surface area contributed by atoms with Gasteiger partial charge in [0, 0.05) is 45.6 Å². The van der Waals surface area contributed by atoms with Gasteiger partial charge in [0.05, 0.1) is 22.4 Å². The van der Waals surface area contributed by atoms with Crippen LogP contribution in [0.25, 0.3) is 21.8 Å². The summed E-state index contributed by atoms with van der Waals surface area (Å²) in [6.45, 7) is 8.03. The van der Waals surface area contributed by atoms with Crippen molar-refractivity contribution in [1.29, 1.82) is 5.26 Å². The highest BCUT2D eigenvalue weighted by Gasteiger charge is 2.16. The molecule has 0 unspecified atom stereocenters.